The number of hydrogen-bond donors (Lipinski definition) is 0. The summed E-state index contributed by atoms with van der Waals surface area (Å²) in [4.78, 5) is 24.5. The summed E-state index contributed by atoms with van der Waals surface area (Å²) in [5.41, 5.74) is 2.46. The van der Waals surface area contributed by atoms with Crippen LogP contribution in [0.1, 0.15) is 5.56 Å². The minimum atomic E-state index is -0.319. The second-order valence-corrected chi connectivity index (χ2v) is 5.59. The number of rotatable bonds is 4. The molecule has 126 valence electrons. The standard InChI is InChI=1S/C20H19N3O2/c1-16-10-12-17(13-11-16)22(2)20(24)23(18-7-6-14-21-15-18)25-19-8-4-3-5-9-19/h3-15H,1-2H3. The first-order chi connectivity index (χ1) is 12.1. The Balaban J connectivity index is 1.90. The molecule has 0 aliphatic rings. The van der Waals surface area contributed by atoms with Crippen molar-refractivity contribution in [1.29, 1.82) is 0 Å². The normalized spacial score (nSPS) is 10.2. The van der Waals surface area contributed by atoms with E-state index in [1.807, 2.05) is 49.4 Å². The number of hydrogen-bond acceptors (Lipinski definition) is 3. The van der Waals surface area contributed by atoms with Crippen LogP contribution in [0.3, 0.4) is 0 Å². The number of benzene rings is 2. The molecule has 0 bridgehead atoms. The van der Waals surface area contributed by atoms with Gasteiger partial charge in [0.1, 0.15) is 5.69 Å². The number of hydroxylamine groups is 1. The van der Waals surface area contributed by atoms with Crippen LogP contribution >= 0.6 is 0 Å². The molecule has 25 heavy (non-hydrogen) atoms. The van der Waals surface area contributed by atoms with Gasteiger partial charge in [-0.2, -0.15) is 0 Å². The molecule has 2 amide bonds. The lowest BCUT2D eigenvalue weighted by molar-refractivity contribution is 0.219. The maximum absolute atomic E-state index is 13.0. The molecule has 0 aliphatic carbocycles. The molecular formula is C20H19N3O2. The summed E-state index contributed by atoms with van der Waals surface area (Å²) >= 11 is 0. The molecule has 0 spiro atoms. The molecule has 1 aromatic heterocycles. The number of aromatic nitrogens is 1. The van der Waals surface area contributed by atoms with Crippen molar-refractivity contribution in [2.75, 3.05) is 17.0 Å². The SMILES string of the molecule is Cc1ccc(N(C)C(=O)N(Oc2ccccc2)c2cccnc2)cc1. The van der Waals surface area contributed by atoms with Crippen LogP contribution in [0, 0.1) is 6.92 Å². The third-order valence-corrected chi connectivity index (χ3v) is 3.70. The van der Waals surface area contributed by atoms with Gasteiger partial charge in [0.25, 0.3) is 0 Å². The van der Waals surface area contributed by atoms with E-state index in [1.54, 1.807) is 43.7 Å². The van der Waals surface area contributed by atoms with Crippen molar-refractivity contribution >= 4 is 17.4 Å². The highest BCUT2D eigenvalue weighted by atomic mass is 16.7. The second-order valence-electron chi connectivity index (χ2n) is 5.59. The minimum absolute atomic E-state index is 0.319. The quantitative estimate of drug-likeness (QED) is 0.663. The topological polar surface area (TPSA) is 45.7 Å². The fourth-order valence-corrected chi connectivity index (χ4v) is 2.28. The van der Waals surface area contributed by atoms with Gasteiger partial charge in [0, 0.05) is 18.9 Å². The lowest BCUT2D eigenvalue weighted by Gasteiger charge is -2.27. The molecule has 0 aliphatic heterocycles. The number of pyridine rings is 1. The first-order valence-electron chi connectivity index (χ1n) is 7.92. The van der Waals surface area contributed by atoms with Gasteiger partial charge in [0.05, 0.1) is 6.20 Å². The van der Waals surface area contributed by atoms with Crippen molar-refractivity contribution in [3.05, 3.63) is 84.7 Å². The first kappa shape index (κ1) is 16.5. The summed E-state index contributed by atoms with van der Waals surface area (Å²) in [5.74, 6) is 0.567. The summed E-state index contributed by atoms with van der Waals surface area (Å²) in [6, 6.07) is 20.1. The zero-order chi connectivity index (χ0) is 17.6. The van der Waals surface area contributed by atoms with Crippen LogP contribution in [0.25, 0.3) is 0 Å². The number of carbonyl (C=O) groups excluding carboxylic acids is 1. The predicted molar refractivity (Wildman–Crippen MR) is 98.8 cm³/mol. The molecule has 0 N–H and O–H groups in total. The molecule has 5 nitrogen and oxygen atoms in total. The molecule has 0 fully saturated rings. The molecule has 5 heteroatoms. The Morgan fingerprint density at radius 3 is 2.28 bits per heavy atom. The number of aryl methyl sites for hydroxylation is 1. The molecule has 0 atom stereocenters. The molecular weight excluding hydrogens is 314 g/mol. The van der Waals surface area contributed by atoms with Crippen LogP contribution in [0.2, 0.25) is 0 Å². The zero-order valence-corrected chi connectivity index (χ0v) is 14.2. The Morgan fingerprint density at radius 1 is 0.920 bits per heavy atom. The highest BCUT2D eigenvalue weighted by molar-refractivity contribution is 6.01. The van der Waals surface area contributed by atoms with Crippen LogP contribution in [-0.4, -0.2) is 18.1 Å². The van der Waals surface area contributed by atoms with E-state index in [2.05, 4.69) is 4.98 Å². The van der Waals surface area contributed by atoms with Crippen molar-refractivity contribution in [2.45, 2.75) is 6.92 Å². The van der Waals surface area contributed by atoms with E-state index in [1.165, 1.54) is 9.96 Å². The average molecular weight is 333 g/mol. The Morgan fingerprint density at radius 2 is 1.64 bits per heavy atom. The maximum atomic E-state index is 13.0. The zero-order valence-electron chi connectivity index (χ0n) is 14.2. The van der Waals surface area contributed by atoms with Crippen LogP contribution in [-0.2, 0) is 0 Å². The Hall–Kier alpha value is -3.34. The van der Waals surface area contributed by atoms with Crippen LogP contribution < -0.4 is 14.8 Å². The van der Waals surface area contributed by atoms with E-state index in [4.69, 9.17) is 4.84 Å². The molecule has 0 radical (unpaired) electrons. The van der Waals surface area contributed by atoms with E-state index < -0.39 is 0 Å². The summed E-state index contributed by atoms with van der Waals surface area (Å²) in [6.07, 6.45) is 3.24. The van der Waals surface area contributed by atoms with Gasteiger partial charge in [-0.3, -0.25) is 9.88 Å². The fourth-order valence-electron chi connectivity index (χ4n) is 2.28. The average Bonchev–Trinajstić information content (AvgIpc) is 2.67. The van der Waals surface area contributed by atoms with E-state index in [9.17, 15) is 4.79 Å². The number of anilines is 2. The molecule has 0 saturated carbocycles. The van der Waals surface area contributed by atoms with Gasteiger partial charge in [-0.25, -0.2) is 4.79 Å². The number of urea groups is 1. The number of nitrogens with zero attached hydrogens (tertiary/aromatic N) is 3. The Bertz CT molecular complexity index is 821. The lowest BCUT2D eigenvalue weighted by Crippen LogP contribution is -2.43. The molecule has 3 rings (SSSR count). The third kappa shape index (κ3) is 3.95. The lowest BCUT2D eigenvalue weighted by atomic mass is 10.2. The largest absolute Gasteiger partial charge is 0.370 e. The van der Waals surface area contributed by atoms with Crippen LogP contribution in [0.5, 0.6) is 5.75 Å². The van der Waals surface area contributed by atoms with Gasteiger partial charge in [0.2, 0.25) is 0 Å². The summed E-state index contributed by atoms with van der Waals surface area (Å²) in [5, 5.41) is 1.24. The summed E-state index contributed by atoms with van der Waals surface area (Å²) < 4.78 is 0. The third-order valence-electron chi connectivity index (χ3n) is 3.70. The monoisotopic (exact) mass is 333 g/mol. The molecule has 2 aromatic carbocycles. The van der Waals surface area contributed by atoms with E-state index in [0.717, 1.165) is 11.3 Å². The van der Waals surface area contributed by atoms with Crippen molar-refractivity contribution < 1.29 is 9.63 Å². The Kier molecular flexibility index (Phi) is 4.95. The highest BCUT2D eigenvalue weighted by Crippen LogP contribution is 2.21. The van der Waals surface area contributed by atoms with Crippen molar-refractivity contribution in [1.82, 2.24) is 4.98 Å². The van der Waals surface area contributed by atoms with Gasteiger partial charge >= 0.3 is 6.03 Å². The van der Waals surface area contributed by atoms with Crippen molar-refractivity contribution in [3.8, 4) is 5.75 Å². The van der Waals surface area contributed by atoms with Gasteiger partial charge in [-0.05, 0) is 43.3 Å². The highest BCUT2D eigenvalue weighted by Gasteiger charge is 2.23. The Labute approximate surface area is 147 Å². The number of carbonyl (C=O) groups is 1. The molecule has 1 heterocycles. The van der Waals surface area contributed by atoms with Crippen LogP contribution in [0.15, 0.2) is 79.1 Å². The predicted octanol–water partition coefficient (Wildman–Crippen LogP) is 4.45. The van der Waals surface area contributed by atoms with Gasteiger partial charge < -0.3 is 4.84 Å². The van der Waals surface area contributed by atoms with Crippen LogP contribution in [0.4, 0.5) is 16.2 Å². The van der Waals surface area contributed by atoms with Crippen molar-refractivity contribution in [2.24, 2.45) is 0 Å². The maximum Gasteiger partial charge on any atom is 0.362 e. The van der Waals surface area contributed by atoms with Gasteiger partial charge in [-0.1, -0.05) is 35.9 Å². The van der Waals surface area contributed by atoms with Gasteiger partial charge in [-0.15, -0.1) is 5.06 Å². The fraction of sp³-hybridized carbons (Fsp3) is 0.100. The number of amides is 2. The smallest absolute Gasteiger partial charge is 0.362 e. The van der Waals surface area contributed by atoms with Crippen molar-refractivity contribution in [3.63, 3.8) is 0 Å². The summed E-state index contributed by atoms with van der Waals surface area (Å²) in [7, 11) is 1.71. The molecule has 3 aromatic rings. The molecule has 0 saturated heterocycles. The first-order valence-corrected chi connectivity index (χ1v) is 7.92. The van der Waals surface area contributed by atoms with E-state index in [-0.39, 0.29) is 6.03 Å². The number of para-hydroxylation sites is 1. The van der Waals surface area contributed by atoms with E-state index in [0.29, 0.717) is 11.4 Å². The molecule has 0 unspecified atom stereocenters. The van der Waals surface area contributed by atoms with E-state index >= 15 is 0 Å². The summed E-state index contributed by atoms with van der Waals surface area (Å²) in [6.45, 7) is 2.01. The van der Waals surface area contributed by atoms with Gasteiger partial charge in [0.15, 0.2) is 5.75 Å². The second kappa shape index (κ2) is 7.49. The minimum Gasteiger partial charge on any atom is -0.370 e.